The van der Waals surface area contributed by atoms with E-state index in [0.717, 1.165) is 0 Å². The maximum atomic E-state index is 11.2. The molecule has 1 aromatic rings. The van der Waals surface area contributed by atoms with E-state index in [4.69, 9.17) is 11.6 Å². The minimum Gasteiger partial charge on any atom is -0.464 e. The molecular weight excluding hydrogens is 232 g/mol. The molecule has 0 fully saturated rings. The molecule has 0 saturated carbocycles. The van der Waals surface area contributed by atoms with Crippen molar-refractivity contribution in [2.24, 2.45) is 0 Å². The predicted octanol–water partition coefficient (Wildman–Crippen LogP) is 1.30. The third kappa shape index (κ3) is 3.20. The van der Waals surface area contributed by atoms with Crippen molar-refractivity contribution in [1.82, 2.24) is 0 Å². The fourth-order valence-corrected chi connectivity index (χ4v) is 1.32. The van der Waals surface area contributed by atoms with Crippen LogP contribution in [-0.4, -0.2) is 28.9 Å². The third-order valence-corrected chi connectivity index (χ3v) is 2.29. The van der Waals surface area contributed by atoms with Crippen molar-refractivity contribution in [3.63, 3.8) is 0 Å². The van der Waals surface area contributed by atoms with Gasteiger partial charge in [-0.25, -0.2) is 4.79 Å². The molecule has 4 nitrogen and oxygen atoms in total. The Morgan fingerprint density at radius 3 is 2.44 bits per heavy atom. The molecule has 2 N–H and O–H groups in total. The summed E-state index contributed by atoms with van der Waals surface area (Å²) < 4.78 is 4.60. The molecule has 2 atom stereocenters. The van der Waals surface area contributed by atoms with Crippen molar-refractivity contribution in [3.05, 3.63) is 34.9 Å². The van der Waals surface area contributed by atoms with Crippen molar-refractivity contribution in [1.29, 1.82) is 0 Å². The maximum Gasteiger partial charge on any atom is 0.338 e. The van der Waals surface area contributed by atoms with Crippen LogP contribution in [0.3, 0.4) is 0 Å². The number of rotatable bonds is 4. The van der Waals surface area contributed by atoms with Crippen LogP contribution in [0.5, 0.6) is 0 Å². The molecule has 16 heavy (non-hydrogen) atoms. The molecule has 0 aliphatic carbocycles. The molecule has 0 aliphatic rings. The Hall–Kier alpha value is -1.10. The van der Waals surface area contributed by atoms with Gasteiger partial charge in [0, 0.05) is 5.02 Å². The first-order valence-electron chi connectivity index (χ1n) is 4.84. The topological polar surface area (TPSA) is 66.8 Å². The van der Waals surface area contributed by atoms with Crippen molar-refractivity contribution in [2.75, 3.05) is 6.61 Å². The molecule has 1 aromatic carbocycles. The average molecular weight is 245 g/mol. The number of aliphatic hydroxyl groups excluding tert-OH is 2. The highest BCUT2D eigenvalue weighted by Crippen LogP contribution is 2.19. The van der Waals surface area contributed by atoms with Crippen LogP contribution < -0.4 is 0 Å². The maximum absolute atomic E-state index is 11.2. The first-order valence-corrected chi connectivity index (χ1v) is 5.22. The lowest BCUT2D eigenvalue weighted by Gasteiger charge is -2.16. The van der Waals surface area contributed by atoms with Crippen LogP contribution in [0.4, 0.5) is 0 Å². The monoisotopic (exact) mass is 244 g/mol. The van der Waals surface area contributed by atoms with E-state index in [1.807, 2.05) is 0 Å². The van der Waals surface area contributed by atoms with Gasteiger partial charge in [0.2, 0.25) is 0 Å². The van der Waals surface area contributed by atoms with Crippen LogP contribution >= 0.6 is 11.6 Å². The lowest BCUT2D eigenvalue weighted by Crippen LogP contribution is -2.29. The summed E-state index contributed by atoms with van der Waals surface area (Å²) in [6, 6.07) is 6.21. The Balaban J connectivity index is 2.73. The Morgan fingerprint density at radius 1 is 1.38 bits per heavy atom. The van der Waals surface area contributed by atoms with Crippen molar-refractivity contribution in [3.8, 4) is 0 Å². The highest BCUT2D eigenvalue weighted by atomic mass is 35.5. The van der Waals surface area contributed by atoms with Crippen molar-refractivity contribution in [2.45, 2.75) is 19.1 Å². The van der Waals surface area contributed by atoms with Gasteiger partial charge in [-0.15, -0.1) is 0 Å². The number of esters is 1. The van der Waals surface area contributed by atoms with Crippen molar-refractivity contribution < 1.29 is 19.7 Å². The van der Waals surface area contributed by atoms with Gasteiger partial charge in [0.05, 0.1) is 6.61 Å². The number of hydrogen-bond donors (Lipinski definition) is 2. The summed E-state index contributed by atoms with van der Waals surface area (Å²) in [4.78, 5) is 11.2. The van der Waals surface area contributed by atoms with Gasteiger partial charge in [-0.3, -0.25) is 0 Å². The van der Waals surface area contributed by atoms with E-state index in [1.54, 1.807) is 19.1 Å². The Labute approximate surface area is 98.4 Å². The molecule has 2 unspecified atom stereocenters. The van der Waals surface area contributed by atoms with Gasteiger partial charge in [-0.05, 0) is 24.6 Å². The summed E-state index contributed by atoms with van der Waals surface area (Å²) in [7, 11) is 0. The van der Waals surface area contributed by atoms with Crippen molar-refractivity contribution >= 4 is 17.6 Å². The molecule has 88 valence electrons. The van der Waals surface area contributed by atoms with E-state index in [9.17, 15) is 15.0 Å². The van der Waals surface area contributed by atoms with Gasteiger partial charge in [0.25, 0.3) is 0 Å². The number of carbonyl (C=O) groups excluding carboxylic acids is 1. The van der Waals surface area contributed by atoms with Crippen LogP contribution in [0, 0.1) is 0 Å². The molecule has 0 heterocycles. The average Bonchev–Trinajstić information content (AvgIpc) is 2.28. The van der Waals surface area contributed by atoms with Gasteiger partial charge in [0.1, 0.15) is 6.10 Å². The summed E-state index contributed by atoms with van der Waals surface area (Å²) in [5.41, 5.74) is 0.407. The first kappa shape index (κ1) is 13.0. The van der Waals surface area contributed by atoms with E-state index >= 15 is 0 Å². The second kappa shape index (κ2) is 5.84. The van der Waals surface area contributed by atoms with Crippen LogP contribution in [0.25, 0.3) is 0 Å². The van der Waals surface area contributed by atoms with E-state index in [2.05, 4.69) is 4.74 Å². The summed E-state index contributed by atoms with van der Waals surface area (Å²) >= 11 is 5.67. The minimum atomic E-state index is -1.58. The standard InChI is InChI=1S/C11H13ClO4/c1-2-16-11(15)10(14)9(13)7-3-5-8(12)6-4-7/h3-6,9-10,13-14H,2H2,1H3. The smallest absolute Gasteiger partial charge is 0.338 e. The molecule has 0 radical (unpaired) electrons. The largest absolute Gasteiger partial charge is 0.464 e. The molecule has 0 saturated heterocycles. The van der Waals surface area contributed by atoms with Gasteiger partial charge in [0.15, 0.2) is 6.10 Å². The summed E-state index contributed by atoms with van der Waals surface area (Å²) in [6.45, 7) is 1.78. The van der Waals surface area contributed by atoms with Gasteiger partial charge >= 0.3 is 5.97 Å². The normalized spacial score (nSPS) is 14.2. The zero-order valence-corrected chi connectivity index (χ0v) is 9.52. The molecular formula is C11H13ClO4. The second-order valence-electron chi connectivity index (χ2n) is 3.19. The van der Waals surface area contributed by atoms with Gasteiger partial charge < -0.3 is 14.9 Å². The number of aliphatic hydroxyl groups is 2. The quantitative estimate of drug-likeness (QED) is 0.784. The lowest BCUT2D eigenvalue weighted by molar-refractivity contribution is -0.159. The van der Waals surface area contributed by atoms with Crippen LogP contribution in [0.2, 0.25) is 5.02 Å². The van der Waals surface area contributed by atoms with E-state index < -0.39 is 18.2 Å². The van der Waals surface area contributed by atoms with Gasteiger partial charge in [-0.1, -0.05) is 23.7 Å². The summed E-state index contributed by atoms with van der Waals surface area (Å²) in [5.74, 6) is -0.843. The summed E-state index contributed by atoms with van der Waals surface area (Å²) in [6.07, 6.45) is -2.89. The van der Waals surface area contributed by atoms with E-state index in [0.29, 0.717) is 10.6 Å². The zero-order chi connectivity index (χ0) is 12.1. The molecule has 1 rings (SSSR count). The second-order valence-corrected chi connectivity index (χ2v) is 3.63. The lowest BCUT2D eigenvalue weighted by atomic mass is 10.0. The molecule has 0 amide bonds. The first-order chi connectivity index (χ1) is 7.56. The minimum absolute atomic E-state index is 0.156. The molecule has 5 heteroatoms. The van der Waals surface area contributed by atoms with Crippen LogP contribution in [0.15, 0.2) is 24.3 Å². The number of carbonyl (C=O) groups is 1. The number of hydrogen-bond acceptors (Lipinski definition) is 4. The summed E-state index contributed by atoms with van der Waals surface area (Å²) in [5, 5.41) is 19.7. The molecule has 0 bridgehead atoms. The van der Waals surface area contributed by atoms with Gasteiger partial charge in [-0.2, -0.15) is 0 Å². The SMILES string of the molecule is CCOC(=O)C(O)C(O)c1ccc(Cl)cc1. The predicted molar refractivity (Wildman–Crippen MR) is 59.1 cm³/mol. The fourth-order valence-electron chi connectivity index (χ4n) is 1.20. The Kier molecular flexibility index (Phi) is 4.73. The van der Waals surface area contributed by atoms with E-state index in [1.165, 1.54) is 12.1 Å². The number of benzene rings is 1. The molecule has 0 aliphatic heterocycles. The van der Waals surface area contributed by atoms with E-state index in [-0.39, 0.29) is 6.61 Å². The number of halogens is 1. The van der Waals surface area contributed by atoms with Crippen LogP contribution in [0.1, 0.15) is 18.6 Å². The Bertz CT molecular complexity index is 350. The fraction of sp³-hybridized carbons (Fsp3) is 0.364. The number of ether oxygens (including phenoxy) is 1. The third-order valence-electron chi connectivity index (χ3n) is 2.04. The molecule has 0 aromatic heterocycles. The zero-order valence-electron chi connectivity index (χ0n) is 8.76. The highest BCUT2D eigenvalue weighted by molar-refractivity contribution is 6.30. The molecule has 0 spiro atoms. The highest BCUT2D eigenvalue weighted by Gasteiger charge is 2.26. The van der Waals surface area contributed by atoms with Crippen LogP contribution in [-0.2, 0) is 9.53 Å². The Morgan fingerprint density at radius 2 is 1.94 bits per heavy atom.